The summed E-state index contributed by atoms with van der Waals surface area (Å²) >= 11 is 0. The highest BCUT2D eigenvalue weighted by molar-refractivity contribution is 5.94. The number of carbonyl (C=O) groups is 1. The number of ether oxygens (including phenoxy) is 2. The van der Waals surface area contributed by atoms with Gasteiger partial charge in [-0.05, 0) is 31.0 Å². The number of hydrogen-bond acceptors (Lipinski definition) is 4. The van der Waals surface area contributed by atoms with Gasteiger partial charge < -0.3 is 14.4 Å². The van der Waals surface area contributed by atoms with E-state index in [1.807, 2.05) is 53.4 Å². The Balaban J connectivity index is 1.42. The van der Waals surface area contributed by atoms with Gasteiger partial charge in [-0.25, -0.2) is 4.98 Å². The fourth-order valence-corrected chi connectivity index (χ4v) is 3.78. The molecule has 2 fully saturated rings. The van der Waals surface area contributed by atoms with Crippen LogP contribution in [-0.4, -0.2) is 47.2 Å². The summed E-state index contributed by atoms with van der Waals surface area (Å²) in [5, 5.41) is 0. The fourth-order valence-electron chi connectivity index (χ4n) is 3.78. The maximum atomic E-state index is 12.7. The Morgan fingerprint density at radius 2 is 2.04 bits per heavy atom. The minimum atomic E-state index is -0.290. The summed E-state index contributed by atoms with van der Waals surface area (Å²) in [6.07, 6.45) is 4.42. The molecule has 1 spiro atoms. The standard InChI is InChI=1S/C20H22N2O3/c23-19(16-7-2-1-3-8-16)22-12-6-10-20(15-22)13-17(14-24-20)25-18-9-4-5-11-21-18/h1-5,7-9,11,17H,6,10,12-15H2/t17-,20-/m0/s1. The minimum Gasteiger partial charge on any atom is -0.472 e. The van der Waals surface area contributed by atoms with E-state index >= 15 is 0 Å². The van der Waals surface area contributed by atoms with Gasteiger partial charge in [0.15, 0.2) is 0 Å². The monoisotopic (exact) mass is 338 g/mol. The zero-order valence-electron chi connectivity index (χ0n) is 14.1. The molecule has 1 aromatic carbocycles. The maximum Gasteiger partial charge on any atom is 0.253 e. The lowest BCUT2D eigenvalue weighted by molar-refractivity contribution is -0.0453. The normalized spacial score (nSPS) is 25.9. The van der Waals surface area contributed by atoms with Crippen molar-refractivity contribution in [1.82, 2.24) is 9.88 Å². The van der Waals surface area contributed by atoms with Crippen LogP contribution in [0.4, 0.5) is 0 Å². The van der Waals surface area contributed by atoms with E-state index < -0.39 is 0 Å². The van der Waals surface area contributed by atoms with Crippen LogP contribution in [0.3, 0.4) is 0 Å². The lowest BCUT2D eigenvalue weighted by Crippen LogP contribution is -2.50. The third kappa shape index (κ3) is 3.51. The van der Waals surface area contributed by atoms with E-state index in [1.165, 1.54) is 0 Å². The zero-order chi connectivity index (χ0) is 17.1. The molecular formula is C20H22N2O3. The number of benzene rings is 1. The number of hydrogen-bond donors (Lipinski definition) is 0. The molecule has 3 heterocycles. The quantitative estimate of drug-likeness (QED) is 0.863. The van der Waals surface area contributed by atoms with Crippen LogP contribution in [-0.2, 0) is 4.74 Å². The molecule has 2 aromatic rings. The average molecular weight is 338 g/mol. The largest absolute Gasteiger partial charge is 0.472 e. The van der Waals surface area contributed by atoms with E-state index in [4.69, 9.17) is 9.47 Å². The van der Waals surface area contributed by atoms with E-state index in [0.717, 1.165) is 31.4 Å². The molecule has 0 saturated carbocycles. The van der Waals surface area contributed by atoms with Crippen molar-refractivity contribution in [2.24, 2.45) is 0 Å². The summed E-state index contributed by atoms with van der Waals surface area (Å²) in [6, 6.07) is 15.1. The highest BCUT2D eigenvalue weighted by Gasteiger charge is 2.45. The number of aromatic nitrogens is 1. The van der Waals surface area contributed by atoms with Crippen molar-refractivity contribution < 1.29 is 14.3 Å². The molecule has 1 amide bonds. The first-order chi connectivity index (χ1) is 12.2. The van der Waals surface area contributed by atoms with E-state index in [2.05, 4.69) is 4.98 Å². The molecule has 25 heavy (non-hydrogen) atoms. The summed E-state index contributed by atoms with van der Waals surface area (Å²) in [5.74, 6) is 0.707. The van der Waals surface area contributed by atoms with Crippen LogP contribution >= 0.6 is 0 Å². The summed E-state index contributed by atoms with van der Waals surface area (Å²) in [5.41, 5.74) is 0.445. The van der Waals surface area contributed by atoms with Gasteiger partial charge in [-0.15, -0.1) is 0 Å². The average Bonchev–Trinajstić information content (AvgIpc) is 3.04. The van der Waals surface area contributed by atoms with Crippen LogP contribution in [0.25, 0.3) is 0 Å². The van der Waals surface area contributed by atoms with Crippen LogP contribution in [0.5, 0.6) is 5.88 Å². The Bertz CT molecular complexity index is 722. The van der Waals surface area contributed by atoms with Crippen LogP contribution in [0, 0.1) is 0 Å². The first kappa shape index (κ1) is 16.1. The fraction of sp³-hybridized carbons (Fsp3) is 0.400. The van der Waals surface area contributed by atoms with Gasteiger partial charge in [-0.2, -0.15) is 0 Å². The van der Waals surface area contributed by atoms with Gasteiger partial charge in [0.05, 0.1) is 18.8 Å². The minimum absolute atomic E-state index is 0.0123. The highest BCUT2D eigenvalue weighted by atomic mass is 16.6. The van der Waals surface area contributed by atoms with Crippen LogP contribution in [0.15, 0.2) is 54.7 Å². The second-order valence-corrected chi connectivity index (χ2v) is 6.80. The SMILES string of the molecule is O=C(c1ccccc1)N1CCC[C@]2(C[C@H](Oc3ccccn3)CO2)C1. The molecule has 2 atom stereocenters. The Hall–Kier alpha value is -2.40. The maximum absolute atomic E-state index is 12.7. The molecule has 4 rings (SSSR count). The molecule has 130 valence electrons. The number of pyridine rings is 1. The number of carbonyl (C=O) groups excluding carboxylic acids is 1. The molecule has 2 saturated heterocycles. The van der Waals surface area contributed by atoms with E-state index in [-0.39, 0.29) is 17.6 Å². The Kier molecular flexibility index (Phi) is 4.40. The van der Waals surface area contributed by atoms with E-state index in [9.17, 15) is 4.79 Å². The third-order valence-electron chi connectivity index (χ3n) is 4.95. The third-order valence-corrected chi connectivity index (χ3v) is 4.95. The Morgan fingerprint density at radius 1 is 1.20 bits per heavy atom. The van der Waals surface area contributed by atoms with Crippen LogP contribution < -0.4 is 4.74 Å². The lowest BCUT2D eigenvalue weighted by atomic mass is 9.89. The first-order valence-electron chi connectivity index (χ1n) is 8.80. The zero-order valence-corrected chi connectivity index (χ0v) is 14.1. The van der Waals surface area contributed by atoms with Gasteiger partial charge in [0, 0.05) is 30.8 Å². The molecule has 0 aliphatic carbocycles. The molecule has 0 unspecified atom stereocenters. The molecule has 0 radical (unpaired) electrons. The molecule has 0 N–H and O–H groups in total. The number of rotatable bonds is 3. The molecule has 2 aliphatic rings. The molecule has 1 aromatic heterocycles. The molecule has 2 aliphatic heterocycles. The van der Waals surface area contributed by atoms with Crippen molar-refractivity contribution in [3.05, 3.63) is 60.3 Å². The second-order valence-electron chi connectivity index (χ2n) is 6.80. The van der Waals surface area contributed by atoms with Gasteiger partial charge in [0.1, 0.15) is 6.10 Å². The Labute approximate surface area is 147 Å². The lowest BCUT2D eigenvalue weighted by Gasteiger charge is -2.39. The van der Waals surface area contributed by atoms with Crippen molar-refractivity contribution in [2.45, 2.75) is 31.0 Å². The van der Waals surface area contributed by atoms with Crippen molar-refractivity contribution in [1.29, 1.82) is 0 Å². The number of amides is 1. The van der Waals surface area contributed by atoms with Gasteiger partial charge in [-0.1, -0.05) is 24.3 Å². The summed E-state index contributed by atoms with van der Waals surface area (Å²) < 4.78 is 12.1. The number of piperidine rings is 1. The van der Waals surface area contributed by atoms with E-state index in [0.29, 0.717) is 19.0 Å². The van der Waals surface area contributed by atoms with Crippen molar-refractivity contribution in [3.8, 4) is 5.88 Å². The van der Waals surface area contributed by atoms with Crippen molar-refractivity contribution in [2.75, 3.05) is 19.7 Å². The summed E-state index contributed by atoms with van der Waals surface area (Å²) in [7, 11) is 0. The summed E-state index contributed by atoms with van der Waals surface area (Å²) in [6.45, 7) is 1.96. The smallest absolute Gasteiger partial charge is 0.253 e. The number of likely N-dealkylation sites (tertiary alicyclic amines) is 1. The molecule has 0 bridgehead atoms. The second kappa shape index (κ2) is 6.84. The first-order valence-corrected chi connectivity index (χ1v) is 8.80. The molecule has 5 heteroatoms. The Morgan fingerprint density at radius 3 is 2.84 bits per heavy atom. The van der Waals surface area contributed by atoms with Crippen molar-refractivity contribution >= 4 is 5.91 Å². The molecular weight excluding hydrogens is 316 g/mol. The predicted octanol–water partition coefficient (Wildman–Crippen LogP) is 2.92. The van der Waals surface area contributed by atoms with Gasteiger partial charge in [0.2, 0.25) is 5.88 Å². The highest BCUT2D eigenvalue weighted by Crippen LogP contribution is 2.36. The molecule has 5 nitrogen and oxygen atoms in total. The van der Waals surface area contributed by atoms with Crippen LogP contribution in [0.2, 0.25) is 0 Å². The van der Waals surface area contributed by atoms with Gasteiger partial charge in [-0.3, -0.25) is 4.79 Å². The van der Waals surface area contributed by atoms with E-state index in [1.54, 1.807) is 6.20 Å². The predicted molar refractivity (Wildman–Crippen MR) is 93.5 cm³/mol. The number of nitrogens with zero attached hydrogens (tertiary/aromatic N) is 2. The van der Waals surface area contributed by atoms with Crippen molar-refractivity contribution in [3.63, 3.8) is 0 Å². The topological polar surface area (TPSA) is 51.7 Å². The van der Waals surface area contributed by atoms with Gasteiger partial charge >= 0.3 is 0 Å². The summed E-state index contributed by atoms with van der Waals surface area (Å²) in [4.78, 5) is 18.9. The van der Waals surface area contributed by atoms with Gasteiger partial charge in [0.25, 0.3) is 5.91 Å². The van der Waals surface area contributed by atoms with Crippen LogP contribution in [0.1, 0.15) is 29.6 Å².